The minimum absolute atomic E-state index is 0.0398. The quantitative estimate of drug-likeness (QED) is 0.788. The number of rotatable bonds is 6. The third-order valence-corrected chi connectivity index (χ3v) is 3.71. The summed E-state index contributed by atoms with van der Waals surface area (Å²) in [6.45, 7) is 1.27. The predicted octanol–water partition coefficient (Wildman–Crippen LogP) is 0.958. The molecule has 0 aromatic rings. The summed E-state index contributed by atoms with van der Waals surface area (Å²) in [5.41, 5.74) is 0. The Bertz CT molecular complexity index is 360. The highest BCUT2D eigenvalue weighted by Crippen LogP contribution is 2.21. The highest BCUT2D eigenvalue weighted by Gasteiger charge is 2.24. The number of aliphatic carboxylic acids is 1. The number of amides is 2. The van der Waals surface area contributed by atoms with E-state index in [0.717, 1.165) is 12.8 Å². The topological polar surface area (TPSA) is 77.9 Å². The molecule has 0 aromatic heterocycles. The van der Waals surface area contributed by atoms with Crippen LogP contribution in [-0.4, -0.2) is 59.9 Å². The number of carbonyl (C=O) groups is 3. The third-order valence-electron chi connectivity index (χ3n) is 3.71. The molecule has 1 fully saturated rings. The molecule has 1 aliphatic rings. The molecule has 114 valence electrons. The largest absolute Gasteiger partial charge is 0.481 e. The molecule has 2 amide bonds. The molecule has 6 heteroatoms. The number of carboxylic acid groups (broad SMARTS) is 1. The minimum atomic E-state index is -0.767. The van der Waals surface area contributed by atoms with Gasteiger partial charge in [-0.05, 0) is 25.2 Å². The van der Waals surface area contributed by atoms with Gasteiger partial charge in [0.05, 0.1) is 0 Å². The van der Waals surface area contributed by atoms with Crippen molar-refractivity contribution in [1.29, 1.82) is 0 Å². The van der Waals surface area contributed by atoms with Crippen molar-refractivity contribution < 1.29 is 19.5 Å². The van der Waals surface area contributed by atoms with Crippen molar-refractivity contribution in [2.24, 2.45) is 5.92 Å². The Balaban J connectivity index is 2.22. The van der Waals surface area contributed by atoms with Gasteiger partial charge < -0.3 is 14.9 Å². The van der Waals surface area contributed by atoms with Crippen LogP contribution in [-0.2, 0) is 14.4 Å². The van der Waals surface area contributed by atoms with Gasteiger partial charge in [0.1, 0.15) is 0 Å². The first kappa shape index (κ1) is 16.5. The van der Waals surface area contributed by atoms with Crippen molar-refractivity contribution in [3.8, 4) is 0 Å². The number of carbonyl (C=O) groups excluding carboxylic acids is 2. The standard InChI is InChI=1S/C14H24N2O4/c1-15(2)12(17)4-3-5-13(18)16-8-6-11(7-9-16)10-14(19)20/h11H,3-10H2,1-2H3,(H,19,20). The number of hydrogen-bond donors (Lipinski definition) is 1. The molecule has 0 saturated carbocycles. The molecule has 1 aliphatic heterocycles. The SMILES string of the molecule is CN(C)C(=O)CCCC(=O)N1CCC(CC(=O)O)CC1. The predicted molar refractivity (Wildman–Crippen MR) is 74.1 cm³/mol. The zero-order valence-electron chi connectivity index (χ0n) is 12.3. The number of nitrogens with zero attached hydrogens (tertiary/aromatic N) is 2. The maximum Gasteiger partial charge on any atom is 0.303 e. The van der Waals surface area contributed by atoms with Crippen molar-refractivity contribution in [1.82, 2.24) is 9.80 Å². The Labute approximate surface area is 119 Å². The Hall–Kier alpha value is -1.59. The van der Waals surface area contributed by atoms with Gasteiger partial charge in [0.2, 0.25) is 11.8 Å². The summed E-state index contributed by atoms with van der Waals surface area (Å²) < 4.78 is 0. The second kappa shape index (κ2) is 7.87. The van der Waals surface area contributed by atoms with Crippen LogP contribution in [0.3, 0.4) is 0 Å². The summed E-state index contributed by atoms with van der Waals surface area (Å²) >= 11 is 0. The van der Waals surface area contributed by atoms with Crippen molar-refractivity contribution >= 4 is 17.8 Å². The second-order valence-corrected chi connectivity index (χ2v) is 5.56. The van der Waals surface area contributed by atoms with Crippen LogP contribution in [0.25, 0.3) is 0 Å². The molecule has 0 aromatic carbocycles. The van der Waals surface area contributed by atoms with Crippen LogP contribution >= 0.6 is 0 Å². The molecule has 1 saturated heterocycles. The number of hydrogen-bond acceptors (Lipinski definition) is 3. The van der Waals surface area contributed by atoms with Gasteiger partial charge in [0, 0.05) is 46.4 Å². The van der Waals surface area contributed by atoms with E-state index in [0.29, 0.717) is 32.4 Å². The van der Waals surface area contributed by atoms with Gasteiger partial charge in [0.15, 0.2) is 0 Å². The number of piperidine rings is 1. The van der Waals surface area contributed by atoms with Crippen LogP contribution < -0.4 is 0 Å². The molecular weight excluding hydrogens is 260 g/mol. The van der Waals surface area contributed by atoms with Crippen LogP contribution in [0.4, 0.5) is 0 Å². The highest BCUT2D eigenvalue weighted by atomic mass is 16.4. The Morgan fingerprint density at radius 2 is 1.75 bits per heavy atom. The van der Waals surface area contributed by atoms with E-state index in [4.69, 9.17) is 5.11 Å². The summed E-state index contributed by atoms with van der Waals surface area (Å²) in [5, 5.41) is 8.74. The zero-order valence-corrected chi connectivity index (χ0v) is 12.3. The summed E-state index contributed by atoms with van der Waals surface area (Å²) in [4.78, 5) is 37.3. The van der Waals surface area contributed by atoms with E-state index in [2.05, 4.69) is 0 Å². The van der Waals surface area contributed by atoms with Crippen molar-refractivity contribution in [2.45, 2.75) is 38.5 Å². The first-order valence-corrected chi connectivity index (χ1v) is 7.10. The molecule has 20 heavy (non-hydrogen) atoms. The minimum Gasteiger partial charge on any atom is -0.481 e. The van der Waals surface area contributed by atoms with Gasteiger partial charge in [-0.3, -0.25) is 14.4 Å². The average Bonchev–Trinajstić information content (AvgIpc) is 2.38. The Morgan fingerprint density at radius 1 is 1.15 bits per heavy atom. The van der Waals surface area contributed by atoms with E-state index in [1.165, 1.54) is 4.90 Å². The fourth-order valence-corrected chi connectivity index (χ4v) is 2.41. The summed E-state index contributed by atoms with van der Waals surface area (Å²) in [7, 11) is 3.41. The lowest BCUT2D eigenvalue weighted by atomic mass is 9.93. The smallest absolute Gasteiger partial charge is 0.303 e. The first-order valence-electron chi connectivity index (χ1n) is 7.10. The molecule has 1 rings (SSSR count). The molecular formula is C14H24N2O4. The molecule has 0 radical (unpaired) electrons. The third kappa shape index (κ3) is 5.59. The normalized spacial score (nSPS) is 16.0. The van der Waals surface area contributed by atoms with E-state index in [1.54, 1.807) is 19.0 Å². The fourth-order valence-electron chi connectivity index (χ4n) is 2.41. The Kier molecular flexibility index (Phi) is 6.48. The van der Waals surface area contributed by atoms with Crippen molar-refractivity contribution in [3.05, 3.63) is 0 Å². The lowest BCUT2D eigenvalue weighted by Gasteiger charge is -2.31. The maximum atomic E-state index is 12.0. The highest BCUT2D eigenvalue weighted by molar-refractivity contribution is 5.78. The molecule has 0 atom stereocenters. The lowest BCUT2D eigenvalue weighted by Crippen LogP contribution is -2.38. The zero-order chi connectivity index (χ0) is 15.1. The average molecular weight is 284 g/mol. The molecule has 1 N–H and O–H groups in total. The molecule has 0 aliphatic carbocycles. The van der Waals surface area contributed by atoms with Gasteiger partial charge >= 0.3 is 5.97 Å². The fraction of sp³-hybridized carbons (Fsp3) is 0.786. The van der Waals surface area contributed by atoms with Gasteiger partial charge in [-0.1, -0.05) is 0 Å². The van der Waals surface area contributed by atoms with E-state index in [1.807, 2.05) is 0 Å². The molecule has 0 spiro atoms. The van der Waals surface area contributed by atoms with Gasteiger partial charge in [-0.2, -0.15) is 0 Å². The van der Waals surface area contributed by atoms with E-state index < -0.39 is 5.97 Å². The van der Waals surface area contributed by atoms with Crippen molar-refractivity contribution in [3.63, 3.8) is 0 Å². The van der Waals surface area contributed by atoms with Crippen LogP contribution in [0.1, 0.15) is 38.5 Å². The van der Waals surface area contributed by atoms with Crippen LogP contribution in [0.15, 0.2) is 0 Å². The Morgan fingerprint density at radius 3 is 2.25 bits per heavy atom. The van der Waals surface area contributed by atoms with E-state index in [-0.39, 0.29) is 24.2 Å². The van der Waals surface area contributed by atoms with Crippen LogP contribution in [0.5, 0.6) is 0 Å². The summed E-state index contributed by atoms with van der Waals surface area (Å²) in [6, 6.07) is 0. The van der Waals surface area contributed by atoms with Gasteiger partial charge in [0.25, 0.3) is 0 Å². The lowest BCUT2D eigenvalue weighted by molar-refractivity contribution is -0.138. The van der Waals surface area contributed by atoms with Crippen LogP contribution in [0, 0.1) is 5.92 Å². The number of carboxylic acids is 1. The summed E-state index contributed by atoms with van der Waals surface area (Å²) in [6.07, 6.45) is 3.07. The van der Waals surface area contributed by atoms with Crippen molar-refractivity contribution in [2.75, 3.05) is 27.2 Å². The molecule has 6 nitrogen and oxygen atoms in total. The second-order valence-electron chi connectivity index (χ2n) is 5.56. The molecule has 0 unspecified atom stereocenters. The number of likely N-dealkylation sites (tertiary alicyclic amines) is 1. The molecule has 0 bridgehead atoms. The first-order chi connectivity index (χ1) is 9.40. The maximum absolute atomic E-state index is 12.0. The molecule has 1 heterocycles. The van der Waals surface area contributed by atoms with Gasteiger partial charge in [-0.25, -0.2) is 0 Å². The van der Waals surface area contributed by atoms with Gasteiger partial charge in [-0.15, -0.1) is 0 Å². The summed E-state index contributed by atoms with van der Waals surface area (Å²) in [5.74, 6) is -0.466. The van der Waals surface area contributed by atoms with E-state index in [9.17, 15) is 14.4 Å². The monoisotopic (exact) mass is 284 g/mol. The van der Waals surface area contributed by atoms with Crippen LogP contribution in [0.2, 0.25) is 0 Å². The van der Waals surface area contributed by atoms with E-state index >= 15 is 0 Å².